The zero-order valence-electron chi connectivity index (χ0n) is 13.5. The summed E-state index contributed by atoms with van der Waals surface area (Å²) in [5, 5.41) is 13.0. The maximum Gasteiger partial charge on any atom is 0.223 e. The summed E-state index contributed by atoms with van der Waals surface area (Å²) in [6.07, 6.45) is 0.0938. The molecule has 0 radical (unpaired) electrons. The molecule has 2 N–H and O–H groups in total. The van der Waals surface area contributed by atoms with Crippen LogP contribution in [0.3, 0.4) is 0 Å². The van der Waals surface area contributed by atoms with E-state index >= 15 is 0 Å². The van der Waals surface area contributed by atoms with Crippen molar-refractivity contribution in [3.8, 4) is 5.75 Å². The number of carbonyl (C=O) groups excluding carboxylic acids is 1. The van der Waals surface area contributed by atoms with E-state index in [4.69, 9.17) is 4.74 Å². The molecule has 1 amide bonds. The monoisotopic (exact) mass is 347 g/mol. The summed E-state index contributed by atoms with van der Waals surface area (Å²) in [6, 6.07) is 9.45. The average Bonchev–Trinajstić information content (AvgIpc) is 2.76. The molecule has 6 heteroatoms. The first-order chi connectivity index (χ1) is 12.0. The molecule has 0 saturated heterocycles. The smallest absolute Gasteiger partial charge is 0.223 e. The van der Waals surface area contributed by atoms with Crippen LogP contribution in [0.15, 0.2) is 42.5 Å². The summed E-state index contributed by atoms with van der Waals surface area (Å²) < 4.78 is 32.1. The topological polar surface area (TPSA) is 58.6 Å². The number of carbonyl (C=O) groups is 1. The van der Waals surface area contributed by atoms with Gasteiger partial charge < -0.3 is 15.2 Å². The molecule has 1 aliphatic heterocycles. The van der Waals surface area contributed by atoms with Crippen molar-refractivity contribution < 1.29 is 23.4 Å². The molecule has 1 heterocycles. The number of aliphatic hydroxyl groups excluding tert-OH is 1. The lowest BCUT2D eigenvalue weighted by Gasteiger charge is -2.19. The van der Waals surface area contributed by atoms with Crippen molar-refractivity contribution >= 4 is 5.91 Å². The van der Waals surface area contributed by atoms with E-state index in [1.807, 2.05) is 0 Å². The third-order valence-electron chi connectivity index (χ3n) is 4.19. The lowest BCUT2D eigenvalue weighted by molar-refractivity contribution is -0.123. The molecule has 2 unspecified atom stereocenters. The Balaban J connectivity index is 1.68. The number of amides is 1. The molecule has 2 aromatic rings. The van der Waals surface area contributed by atoms with Crippen LogP contribution in [0, 0.1) is 11.6 Å². The third kappa shape index (κ3) is 4.33. The maximum absolute atomic E-state index is 13.4. The van der Waals surface area contributed by atoms with Crippen molar-refractivity contribution in [3.05, 3.63) is 65.2 Å². The number of aliphatic hydroxyl groups is 1. The molecule has 0 spiro atoms. The fourth-order valence-electron chi connectivity index (χ4n) is 2.96. The summed E-state index contributed by atoms with van der Waals surface area (Å²) in [6.45, 7) is 0.453. The van der Waals surface area contributed by atoms with E-state index in [2.05, 4.69) is 5.32 Å². The molecule has 1 aliphatic rings. The molecular weight excluding hydrogens is 328 g/mol. The number of fused-ring (bicyclic) bond motifs is 1. The van der Waals surface area contributed by atoms with E-state index in [0.29, 0.717) is 36.3 Å². The highest BCUT2D eigenvalue weighted by Crippen LogP contribution is 2.32. The van der Waals surface area contributed by atoms with E-state index in [9.17, 15) is 18.7 Å². The van der Waals surface area contributed by atoms with E-state index in [1.165, 1.54) is 30.3 Å². The Morgan fingerprint density at radius 3 is 2.84 bits per heavy atom. The molecule has 132 valence electrons. The molecule has 0 fully saturated rings. The van der Waals surface area contributed by atoms with Gasteiger partial charge in [0.25, 0.3) is 0 Å². The summed E-state index contributed by atoms with van der Waals surface area (Å²) in [5.41, 5.74) is 1.06. The van der Waals surface area contributed by atoms with Crippen LogP contribution in [-0.2, 0) is 4.79 Å². The average molecular weight is 347 g/mol. The minimum absolute atomic E-state index is 0.183. The van der Waals surface area contributed by atoms with Crippen molar-refractivity contribution in [2.24, 2.45) is 0 Å². The van der Waals surface area contributed by atoms with Gasteiger partial charge in [0.15, 0.2) is 0 Å². The van der Waals surface area contributed by atoms with Crippen molar-refractivity contribution in [2.75, 3.05) is 6.61 Å². The van der Waals surface area contributed by atoms with E-state index in [-0.39, 0.29) is 18.4 Å². The van der Waals surface area contributed by atoms with Crippen LogP contribution in [-0.4, -0.2) is 17.6 Å². The van der Waals surface area contributed by atoms with Crippen molar-refractivity contribution in [3.63, 3.8) is 0 Å². The molecule has 2 aromatic carbocycles. The number of ether oxygens (including phenoxy) is 1. The van der Waals surface area contributed by atoms with Gasteiger partial charge in [0.2, 0.25) is 5.91 Å². The Kier molecular flexibility index (Phi) is 5.28. The van der Waals surface area contributed by atoms with Crippen molar-refractivity contribution in [1.82, 2.24) is 5.32 Å². The normalized spacial score (nSPS) is 17.8. The first-order valence-corrected chi connectivity index (χ1v) is 8.18. The van der Waals surface area contributed by atoms with Gasteiger partial charge in [-0.3, -0.25) is 4.79 Å². The van der Waals surface area contributed by atoms with Crippen LogP contribution in [0.4, 0.5) is 8.78 Å². The second kappa shape index (κ2) is 7.61. The van der Waals surface area contributed by atoms with Crippen LogP contribution >= 0.6 is 0 Å². The lowest BCUT2D eigenvalue weighted by Crippen LogP contribution is -2.29. The van der Waals surface area contributed by atoms with Crippen molar-refractivity contribution in [2.45, 2.75) is 31.4 Å². The minimum atomic E-state index is -1.09. The van der Waals surface area contributed by atoms with E-state index in [1.54, 1.807) is 12.1 Å². The summed E-state index contributed by atoms with van der Waals surface area (Å²) in [7, 11) is 0. The molecule has 0 aromatic heterocycles. The Morgan fingerprint density at radius 1 is 1.24 bits per heavy atom. The van der Waals surface area contributed by atoms with Gasteiger partial charge in [0.05, 0.1) is 25.2 Å². The highest BCUT2D eigenvalue weighted by molar-refractivity contribution is 5.77. The highest BCUT2D eigenvalue weighted by Gasteiger charge is 2.23. The Bertz CT molecular complexity index is 766. The number of hydrogen-bond donors (Lipinski definition) is 2. The Hall–Kier alpha value is -2.47. The fraction of sp³-hybridized carbons (Fsp3) is 0.316. The van der Waals surface area contributed by atoms with Crippen molar-refractivity contribution in [1.29, 1.82) is 0 Å². The lowest BCUT2D eigenvalue weighted by atomic mass is 10.0. The first-order valence-electron chi connectivity index (χ1n) is 8.18. The molecule has 2 atom stereocenters. The minimum Gasteiger partial charge on any atom is -0.493 e. The van der Waals surface area contributed by atoms with Gasteiger partial charge in [-0.05, 0) is 36.6 Å². The predicted molar refractivity (Wildman–Crippen MR) is 88.0 cm³/mol. The second-order valence-corrected chi connectivity index (χ2v) is 6.07. The molecule has 0 bridgehead atoms. The highest BCUT2D eigenvalue weighted by atomic mass is 19.1. The number of rotatable bonds is 4. The second-order valence-electron chi connectivity index (χ2n) is 6.07. The molecule has 3 rings (SSSR count). The fourth-order valence-corrected chi connectivity index (χ4v) is 2.96. The first kappa shape index (κ1) is 17.4. The molecule has 0 saturated carbocycles. The zero-order valence-corrected chi connectivity index (χ0v) is 13.5. The maximum atomic E-state index is 13.4. The number of nitrogens with one attached hydrogen (secondary N) is 1. The van der Waals surface area contributed by atoms with Gasteiger partial charge >= 0.3 is 0 Å². The van der Waals surface area contributed by atoms with Gasteiger partial charge in [0, 0.05) is 11.6 Å². The van der Waals surface area contributed by atoms with Crippen LogP contribution in [0.25, 0.3) is 0 Å². The predicted octanol–water partition coefficient (Wildman–Crippen LogP) is 3.42. The number of hydrogen-bond acceptors (Lipinski definition) is 3. The largest absolute Gasteiger partial charge is 0.493 e. The van der Waals surface area contributed by atoms with Gasteiger partial charge in [-0.15, -0.1) is 0 Å². The third-order valence-corrected chi connectivity index (χ3v) is 4.19. The summed E-state index contributed by atoms with van der Waals surface area (Å²) >= 11 is 0. The molecular formula is C19H19F2NO3. The number of halogens is 2. The molecule has 25 heavy (non-hydrogen) atoms. The molecule has 0 aliphatic carbocycles. The summed E-state index contributed by atoms with van der Waals surface area (Å²) in [4.78, 5) is 12.3. The molecule has 4 nitrogen and oxygen atoms in total. The SMILES string of the molecule is O=C(CC(O)c1cccc(F)c1)NC1CCCOc2cc(F)ccc21. The van der Waals surface area contributed by atoms with Gasteiger partial charge in [-0.1, -0.05) is 18.2 Å². The van der Waals surface area contributed by atoms with E-state index in [0.717, 1.165) is 0 Å². The van der Waals surface area contributed by atoms with E-state index < -0.39 is 17.7 Å². The van der Waals surface area contributed by atoms with Crippen LogP contribution < -0.4 is 10.1 Å². The van der Waals surface area contributed by atoms with Gasteiger partial charge in [-0.2, -0.15) is 0 Å². The van der Waals surface area contributed by atoms with Gasteiger partial charge in [-0.25, -0.2) is 8.78 Å². The summed E-state index contributed by atoms with van der Waals surface area (Å²) in [5.74, 6) is -0.798. The van der Waals surface area contributed by atoms with Gasteiger partial charge in [0.1, 0.15) is 17.4 Å². The zero-order chi connectivity index (χ0) is 17.8. The Labute approximate surface area is 144 Å². The number of benzene rings is 2. The van der Waals surface area contributed by atoms with Crippen LogP contribution in [0.1, 0.15) is 42.5 Å². The quantitative estimate of drug-likeness (QED) is 0.891. The van der Waals surface area contributed by atoms with Crippen LogP contribution in [0.2, 0.25) is 0 Å². The standard InChI is InChI=1S/C19H19F2NO3/c20-13-4-1-3-12(9-13)17(23)11-19(24)22-16-5-2-8-25-18-10-14(21)6-7-15(16)18/h1,3-4,6-7,9-10,16-17,23H,2,5,8,11H2,(H,22,24). The Morgan fingerprint density at radius 2 is 2.04 bits per heavy atom. The van der Waals surface area contributed by atoms with Crippen LogP contribution in [0.5, 0.6) is 5.75 Å².